The lowest BCUT2D eigenvalue weighted by Gasteiger charge is -2.58. The van der Waals surface area contributed by atoms with Crippen molar-refractivity contribution in [3.05, 3.63) is 41.5 Å². The molecule has 5 unspecified atom stereocenters. The number of likely N-dealkylation sites (N-methyl/N-ethyl adjacent to an activating group) is 1. The standard InChI is InChI=1S/C29H36N4O2/c1-26-9-8-18-19-13-27(19)15-23(34)22(33(2)3)14-28(27)10-11-29(18,35-28)24(26)7-5-17(26)16-4-6-20-21(12-16)32-25(30)31-20/h4-6,8,12,19,22-24,34H,7,9-11,13-15H2,1-3H3,(H3,30,31,32)/t19?,22-,23?,24?,26?,27?,28+,29+/m0/s1. The van der Waals surface area contributed by atoms with E-state index < -0.39 is 0 Å². The number of rotatable bonds is 2. The summed E-state index contributed by atoms with van der Waals surface area (Å²) in [6, 6.07) is 6.71. The van der Waals surface area contributed by atoms with Crippen LogP contribution in [0.15, 0.2) is 35.9 Å². The van der Waals surface area contributed by atoms with Gasteiger partial charge in [0.25, 0.3) is 0 Å². The minimum atomic E-state index is -0.252. The molecule has 6 aliphatic rings. The number of nitrogen functional groups attached to an aromatic ring is 1. The smallest absolute Gasteiger partial charge is 0.198 e. The van der Waals surface area contributed by atoms with Crippen molar-refractivity contribution >= 4 is 22.6 Å². The molecule has 2 bridgehead atoms. The van der Waals surface area contributed by atoms with Crippen LogP contribution in [0.3, 0.4) is 0 Å². The predicted molar refractivity (Wildman–Crippen MR) is 136 cm³/mol. The van der Waals surface area contributed by atoms with E-state index in [1.165, 1.54) is 17.6 Å². The average Bonchev–Trinajstić information content (AvgIpc) is 3.09. The van der Waals surface area contributed by atoms with Crippen LogP contribution >= 0.6 is 0 Å². The van der Waals surface area contributed by atoms with E-state index >= 15 is 0 Å². The summed E-state index contributed by atoms with van der Waals surface area (Å²) >= 11 is 0. The summed E-state index contributed by atoms with van der Waals surface area (Å²) in [5.74, 6) is 1.55. The maximum absolute atomic E-state index is 11.1. The topological polar surface area (TPSA) is 87.4 Å². The molecule has 3 spiro atoms. The number of anilines is 1. The number of ether oxygens (including phenoxy) is 1. The number of benzene rings is 1. The summed E-state index contributed by atoms with van der Waals surface area (Å²) in [4.78, 5) is 9.83. The number of hydrogen-bond acceptors (Lipinski definition) is 5. The van der Waals surface area contributed by atoms with E-state index in [0.29, 0.717) is 17.8 Å². The lowest BCUT2D eigenvalue weighted by Crippen LogP contribution is -2.62. The molecule has 35 heavy (non-hydrogen) atoms. The number of nitrogens with two attached hydrogens (primary N) is 1. The molecule has 2 saturated carbocycles. The van der Waals surface area contributed by atoms with Gasteiger partial charge in [0.05, 0.1) is 28.3 Å². The predicted octanol–water partition coefficient (Wildman–Crippen LogP) is 4.28. The van der Waals surface area contributed by atoms with Crippen LogP contribution in [-0.2, 0) is 4.74 Å². The van der Waals surface area contributed by atoms with Crippen LogP contribution in [0.25, 0.3) is 16.6 Å². The Morgan fingerprint density at radius 1 is 1.17 bits per heavy atom. The maximum atomic E-state index is 11.1. The molecule has 4 N–H and O–H groups in total. The fourth-order valence-electron chi connectivity index (χ4n) is 9.77. The van der Waals surface area contributed by atoms with Gasteiger partial charge in [0.15, 0.2) is 5.95 Å². The summed E-state index contributed by atoms with van der Waals surface area (Å²) in [5, 5.41) is 11.1. The molecule has 3 heterocycles. The van der Waals surface area contributed by atoms with E-state index in [-0.39, 0.29) is 34.2 Å². The summed E-state index contributed by atoms with van der Waals surface area (Å²) < 4.78 is 7.52. The van der Waals surface area contributed by atoms with Gasteiger partial charge in [-0.2, -0.15) is 0 Å². The van der Waals surface area contributed by atoms with Gasteiger partial charge in [-0.15, -0.1) is 0 Å². The Bertz CT molecular complexity index is 1340. The SMILES string of the molecule is CN(C)[C@H]1C[C@@]23CC[C@@]4(O2)C(=CCC2(C)C(c5ccc6nc(N)[nH]c6c5)=CCC24)C2CC23CC1O. The lowest BCUT2D eigenvalue weighted by atomic mass is 9.57. The Hall–Kier alpha value is -2.15. The Kier molecular flexibility index (Phi) is 3.72. The zero-order valence-electron chi connectivity index (χ0n) is 21.0. The summed E-state index contributed by atoms with van der Waals surface area (Å²) in [7, 11) is 4.22. The van der Waals surface area contributed by atoms with Gasteiger partial charge in [0.1, 0.15) is 0 Å². The van der Waals surface area contributed by atoms with Gasteiger partial charge in [0, 0.05) is 22.8 Å². The van der Waals surface area contributed by atoms with Gasteiger partial charge >= 0.3 is 0 Å². The van der Waals surface area contributed by atoms with E-state index in [1.807, 2.05) is 0 Å². The molecule has 8 atom stereocenters. The van der Waals surface area contributed by atoms with Crippen LogP contribution in [0, 0.1) is 22.7 Å². The number of fused-ring (bicyclic) bond motifs is 3. The Balaban J connectivity index is 1.20. The Labute approximate surface area is 206 Å². The number of allylic oxidation sites excluding steroid dienone is 3. The fraction of sp³-hybridized carbons (Fsp3) is 0.621. The average molecular weight is 473 g/mol. The minimum absolute atomic E-state index is 0.0539. The number of H-pyrrole nitrogens is 1. The molecular formula is C29H36N4O2. The van der Waals surface area contributed by atoms with Crippen LogP contribution in [0.5, 0.6) is 0 Å². The zero-order valence-corrected chi connectivity index (χ0v) is 21.0. The number of aromatic nitrogens is 2. The first-order chi connectivity index (χ1) is 16.7. The number of nitrogens with one attached hydrogen (secondary N) is 1. The monoisotopic (exact) mass is 472 g/mol. The van der Waals surface area contributed by atoms with Crippen LogP contribution in [0.2, 0.25) is 0 Å². The third-order valence-electron chi connectivity index (χ3n) is 11.4. The molecular weight excluding hydrogens is 436 g/mol. The van der Waals surface area contributed by atoms with Gasteiger partial charge in [-0.3, -0.25) is 0 Å². The molecule has 4 fully saturated rings. The van der Waals surface area contributed by atoms with Crippen LogP contribution in [0.1, 0.15) is 57.4 Å². The van der Waals surface area contributed by atoms with E-state index in [1.54, 1.807) is 5.57 Å². The van der Waals surface area contributed by atoms with Crippen molar-refractivity contribution in [2.45, 2.75) is 75.2 Å². The van der Waals surface area contributed by atoms with E-state index in [4.69, 9.17) is 10.5 Å². The first kappa shape index (κ1) is 21.0. The maximum Gasteiger partial charge on any atom is 0.198 e. The van der Waals surface area contributed by atoms with Gasteiger partial charge in [-0.1, -0.05) is 25.1 Å². The van der Waals surface area contributed by atoms with Gasteiger partial charge < -0.3 is 25.5 Å². The molecule has 184 valence electrons. The molecule has 2 saturated heterocycles. The first-order valence-corrected chi connectivity index (χ1v) is 13.4. The van der Waals surface area contributed by atoms with E-state index in [0.717, 1.165) is 49.6 Å². The van der Waals surface area contributed by atoms with Crippen molar-refractivity contribution in [2.75, 3.05) is 19.8 Å². The van der Waals surface area contributed by atoms with Crippen LogP contribution in [-0.4, -0.2) is 57.4 Å². The van der Waals surface area contributed by atoms with Crippen LogP contribution < -0.4 is 5.73 Å². The lowest BCUT2D eigenvalue weighted by molar-refractivity contribution is -0.216. The summed E-state index contributed by atoms with van der Waals surface area (Å²) in [6.07, 6.45) is 12.3. The third-order valence-corrected chi connectivity index (χ3v) is 11.4. The number of hydrogen-bond donors (Lipinski definition) is 3. The first-order valence-electron chi connectivity index (χ1n) is 13.4. The largest absolute Gasteiger partial charge is 0.391 e. The molecule has 1 aromatic carbocycles. The summed E-state index contributed by atoms with van der Waals surface area (Å²) in [5.41, 5.74) is 12.2. The van der Waals surface area contributed by atoms with Crippen molar-refractivity contribution in [3.63, 3.8) is 0 Å². The fourth-order valence-corrected chi connectivity index (χ4v) is 9.77. The van der Waals surface area contributed by atoms with E-state index in [2.05, 4.69) is 66.2 Å². The molecule has 0 amide bonds. The van der Waals surface area contributed by atoms with Gasteiger partial charge in [0.2, 0.25) is 0 Å². The quantitative estimate of drug-likeness (QED) is 0.568. The van der Waals surface area contributed by atoms with Crippen molar-refractivity contribution < 1.29 is 9.84 Å². The van der Waals surface area contributed by atoms with Gasteiger partial charge in [-0.25, -0.2) is 4.98 Å². The van der Waals surface area contributed by atoms with Gasteiger partial charge in [-0.05, 0) is 93.8 Å². The van der Waals surface area contributed by atoms with Crippen molar-refractivity contribution in [2.24, 2.45) is 22.7 Å². The number of aliphatic hydroxyl groups excluding tert-OH is 1. The second kappa shape index (κ2) is 6.21. The number of aromatic amines is 1. The molecule has 4 aliphatic carbocycles. The van der Waals surface area contributed by atoms with Crippen LogP contribution in [0.4, 0.5) is 5.95 Å². The van der Waals surface area contributed by atoms with Crippen molar-refractivity contribution in [3.8, 4) is 0 Å². The summed E-state index contributed by atoms with van der Waals surface area (Å²) in [6.45, 7) is 2.47. The number of imidazole rings is 1. The highest BCUT2D eigenvalue weighted by atomic mass is 16.5. The minimum Gasteiger partial charge on any atom is -0.391 e. The normalized spacial score (nSPS) is 47.1. The second-order valence-electron chi connectivity index (χ2n) is 12.9. The number of nitrogens with zero attached hydrogens (tertiary/aromatic N) is 2. The Morgan fingerprint density at radius 3 is 2.86 bits per heavy atom. The molecule has 2 aliphatic heterocycles. The van der Waals surface area contributed by atoms with E-state index in [9.17, 15) is 5.11 Å². The molecule has 2 aromatic rings. The highest BCUT2D eigenvalue weighted by Crippen LogP contribution is 2.81. The van der Waals surface area contributed by atoms with Crippen molar-refractivity contribution in [1.29, 1.82) is 0 Å². The molecule has 6 nitrogen and oxygen atoms in total. The Morgan fingerprint density at radius 2 is 2.03 bits per heavy atom. The molecule has 6 heteroatoms. The number of aliphatic hydroxyl groups is 1. The molecule has 1 aromatic heterocycles. The molecule has 8 rings (SSSR count). The zero-order chi connectivity index (χ0) is 24.0. The highest BCUT2D eigenvalue weighted by Gasteiger charge is 2.81. The van der Waals surface area contributed by atoms with Crippen molar-refractivity contribution in [1.82, 2.24) is 14.9 Å². The second-order valence-corrected chi connectivity index (χ2v) is 12.9. The molecule has 0 radical (unpaired) electrons. The highest BCUT2D eigenvalue weighted by molar-refractivity contribution is 5.84. The third kappa shape index (κ3) is 2.31.